The number of anilines is 1. The lowest BCUT2D eigenvalue weighted by Crippen LogP contribution is -1.99. The van der Waals surface area contributed by atoms with Crippen LogP contribution < -0.4 is 10.5 Å². The first kappa shape index (κ1) is 13.8. The summed E-state index contributed by atoms with van der Waals surface area (Å²) < 4.78 is 28.3. The Labute approximate surface area is 116 Å². The number of hydrogen-bond acceptors (Lipinski definition) is 6. The first-order valence-electron chi connectivity index (χ1n) is 5.54. The van der Waals surface area contributed by atoms with E-state index in [4.69, 9.17) is 15.7 Å². The second-order valence-corrected chi connectivity index (χ2v) is 6.09. The smallest absolute Gasteiger partial charge is 0.242 e. The van der Waals surface area contributed by atoms with Gasteiger partial charge in [0.2, 0.25) is 5.88 Å². The SMILES string of the molecule is CS(=O)(=O)c1cccc(Oc2ncc(C#N)cc2N)c1. The van der Waals surface area contributed by atoms with Crippen molar-refractivity contribution in [2.45, 2.75) is 4.90 Å². The molecule has 0 radical (unpaired) electrons. The van der Waals surface area contributed by atoms with Crippen LogP contribution in [0.2, 0.25) is 0 Å². The molecule has 0 saturated heterocycles. The lowest BCUT2D eigenvalue weighted by atomic mass is 10.3. The lowest BCUT2D eigenvalue weighted by Gasteiger charge is -2.08. The molecular weight excluding hydrogens is 278 g/mol. The number of ether oxygens (including phenoxy) is 1. The fraction of sp³-hybridized carbons (Fsp3) is 0.0769. The summed E-state index contributed by atoms with van der Waals surface area (Å²) in [6.45, 7) is 0. The molecule has 1 heterocycles. The van der Waals surface area contributed by atoms with Crippen molar-refractivity contribution in [3.8, 4) is 17.7 Å². The topological polar surface area (TPSA) is 106 Å². The molecule has 2 aromatic rings. The van der Waals surface area contributed by atoms with Crippen LogP contribution in [-0.2, 0) is 9.84 Å². The Morgan fingerprint density at radius 3 is 2.70 bits per heavy atom. The monoisotopic (exact) mass is 289 g/mol. The quantitative estimate of drug-likeness (QED) is 0.922. The summed E-state index contributed by atoms with van der Waals surface area (Å²) in [5.74, 6) is 0.423. The number of nitrogens with zero attached hydrogens (tertiary/aromatic N) is 2. The van der Waals surface area contributed by atoms with Crippen molar-refractivity contribution in [1.29, 1.82) is 5.26 Å². The predicted octanol–water partition coefficient (Wildman–Crippen LogP) is 1.73. The molecule has 1 aromatic carbocycles. The minimum absolute atomic E-state index is 0.120. The zero-order chi connectivity index (χ0) is 14.8. The molecule has 2 rings (SSSR count). The van der Waals surface area contributed by atoms with Crippen molar-refractivity contribution >= 4 is 15.5 Å². The van der Waals surface area contributed by atoms with Gasteiger partial charge >= 0.3 is 0 Å². The van der Waals surface area contributed by atoms with E-state index in [0.29, 0.717) is 11.3 Å². The number of aromatic nitrogens is 1. The van der Waals surface area contributed by atoms with E-state index in [1.807, 2.05) is 6.07 Å². The summed E-state index contributed by atoms with van der Waals surface area (Å²) in [4.78, 5) is 4.06. The molecular formula is C13H11N3O3S. The molecule has 0 spiro atoms. The van der Waals surface area contributed by atoms with Gasteiger partial charge < -0.3 is 10.5 Å². The molecule has 1 aromatic heterocycles. The predicted molar refractivity (Wildman–Crippen MR) is 73.0 cm³/mol. The second-order valence-electron chi connectivity index (χ2n) is 4.08. The van der Waals surface area contributed by atoms with Gasteiger partial charge in [0.15, 0.2) is 9.84 Å². The molecule has 0 amide bonds. The maximum atomic E-state index is 11.5. The number of nitrogens with two attached hydrogens (primary N) is 1. The average molecular weight is 289 g/mol. The molecule has 0 aliphatic carbocycles. The molecule has 0 atom stereocenters. The molecule has 0 fully saturated rings. The van der Waals surface area contributed by atoms with Crippen molar-refractivity contribution in [2.75, 3.05) is 12.0 Å². The molecule has 0 aliphatic rings. The van der Waals surface area contributed by atoms with Crippen LogP contribution in [0.1, 0.15) is 5.56 Å². The summed E-state index contributed by atoms with van der Waals surface area (Å²) in [5, 5.41) is 8.72. The summed E-state index contributed by atoms with van der Waals surface area (Å²) in [6.07, 6.45) is 2.44. The minimum Gasteiger partial charge on any atom is -0.437 e. The average Bonchev–Trinajstić information content (AvgIpc) is 2.40. The van der Waals surface area contributed by atoms with Crippen molar-refractivity contribution in [2.24, 2.45) is 0 Å². The van der Waals surface area contributed by atoms with Crippen LogP contribution in [0.5, 0.6) is 11.6 Å². The number of sulfone groups is 1. The van der Waals surface area contributed by atoms with Crippen molar-refractivity contribution in [3.05, 3.63) is 42.1 Å². The lowest BCUT2D eigenvalue weighted by molar-refractivity contribution is 0.464. The second kappa shape index (κ2) is 5.19. The van der Waals surface area contributed by atoms with E-state index in [1.54, 1.807) is 12.1 Å². The van der Waals surface area contributed by atoms with Gasteiger partial charge in [0.1, 0.15) is 11.8 Å². The summed E-state index contributed by atoms with van der Waals surface area (Å²) >= 11 is 0. The number of rotatable bonds is 3. The van der Waals surface area contributed by atoms with E-state index >= 15 is 0 Å². The largest absolute Gasteiger partial charge is 0.437 e. The molecule has 0 aliphatic heterocycles. The molecule has 20 heavy (non-hydrogen) atoms. The van der Waals surface area contributed by atoms with Crippen molar-refractivity contribution < 1.29 is 13.2 Å². The van der Waals surface area contributed by atoms with E-state index in [9.17, 15) is 8.42 Å². The number of benzene rings is 1. The minimum atomic E-state index is -3.31. The van der Waals surface area contributed by atoms with Gasteiger partial charge in [-0.25, -0.2) is 13.4 Å². The number of nitrogen functional groups attached to an aromatic ring is 1. The molecule has 0 bridgehead atoms. The van der Waals surface area contributed by atoms with Gasteiger partial charge in [-0.15, -0.1) is 0 Å². The molecule has 102 valence electrons. The fourth-order valence-electron chi connectivity index (χ4n) is 1.50. The number of pyridine rings is 1. The summed E-state index contributed by atoms with van der Waals surface area (Å²) in [5.41, 5.74) is 6.23. The van der Waals surface area contributed by atoms with Gasteiger partial charge in [-0.1, -0.05) is 6.07 Å². The first-order valence-corrected chi connectivity index (χ1v) is 7.43. The van der Waals surface area contributed by atoms with E-state index in [0.717, 1.165) is 6.26 Å². The maximum Gasteiger partial charge on any atom is 0.242 e. The zero-order valence-electron chi connectivity index (χ0n) is 10.6. The molecule has 7 heteroatoms. The fourth-order valence-corrected chi connectivity index (χ4v) is 2.15. The van der Waals surface area contributed by atoms with E-state index in [1.165, 1.54) is 24.4 Å². The molecule has 0 saturated carbocycles. The molecule has 6 nitrogen and oxygen atoms in total. The Morgan fingerprint density at radius 2 is 2.10 bits per heavy atom. The standard InChI is InChI=1S/C13H11N3O3S/c1-20(17,18)11-4-2-3-10(6-11)19-13-12(15)5-9(7-14)8-16-13/h2-6,8H,15H2,1H3. The van der Waals surface area contributed by atoms with Crippen LogP contribution in [0.25, 0.3) is 0 Å². The van der Waals surface area contributed by atoms with Crippen LogP contribution in [-0.4, -0.2) is 19.7 Å². The zero-order valence-corrected chi connectivity index (χ0v) is 11.4. The summed E-state index contributed by atoms with van der Waals surface area (Å²) in [6, 6.07) is 9.35. The Hall–Kier alpha value is -2.59. The third-order valence-electron chi connectivity index (χ3n) is 2.46. The van der Waals surface area contributed by atoms with Crippen LogP contribution in [0.15, 0.2) is 41.4 Å². The highest BCUT2D eigenvalue weighted by Gasteiger charge is 2.10. The highest BCUT2D eigenvalue weighted by atomic mass is 32.2. The maximum absolute atomic E-state index is 11.5. The molecule has 0 unspecified atom stereocenters. The molecule has 2 N–H and O–H groups in total. The summed E-state index contributed by atoms with van der Waals surface area (Å²) in [7, 11) is -3.31. The van der Waals surface area contributed by atoms with E-state index < -0.39 is 9.84 Å². The highest BCUT2D eigenvalue weighted by molar-refractivity contribution is 7.90. The van der Waals surface area contributed by atoms with Crippen LogP contribution in [0.3, 0.4) is 0 Å². The van der Waals surface area contributed by atoms with Crippen molar-refractivity contribution in [3.63, 3.8) is 0 Å². The Kier molecular flexibility index (Phi) is 3.59. The van der Waals surface area contributed by atoms with Gasteiger partial charge in [0.05, 0.1) is 16.1 Å². The van der Waals surface area contributed by atoms with Gasteiger partial charge in [0, 0.05) is 12.5 Å². The van der Waals surface area contributed by atoms with Crippen LogP contribution in [0.4, 0.5) is 5.69 Å². The number of nitriles is 1. The van der Waals surface area contributed by atoms with Gasteiger partial charge in [-0.3, -0.25) is 0 Å². The van der Waals surface area contributed by atoms with E-state index in [2.05, 4.69) is 4.98 Å². The van der Waals surface area contributed by atoms with Gasteiger partial charge in [0.25, 0.3) is 0 Å². The number of hydrogen-bond donors (Lipinski definition) is 1. The Bertz CT molecular complexity index is 795. The van der Waals surface area contributed by atoms with Gasteiger partial charge in [-0.05, 0) is 24.3 Å². The third-order valence-corrected chi connectivity index (χ3v) is 3.57. The van der Waals surface area contributed by atoms with Crippen molar-refractivity contribution in [1.82, 2.24) is 4.98 Å². The normalized spacial score (nSPS) is 10.8. The third kappa shape index (κ3) is 3.05. The van der Waals surface area contributed by atoms with Crippen LogP contribution in [0, 0.1) is 11.3 Å². The Balaban J connectivity index is 2.34. The van der Waals surface area contributed by atoms with Gasteiger partial charge in [-0.2, -0.15) is 5.26 Å². The highest BCUT2D eigenvalue weighted by Crippen LogP contribution is 2.27. The Morgan fingerprint density at radius 1 is 1.35 bits per heavy atom. The van der Waals surface area contributed by atoms with Crippen LogP contribution >= 0.6 is 0 Å². The van der Waals surface area contributed by atoms with E-state index in [-0.39, 0.29) is 16.5 Å². The first-order chi connectivity index (χ1) is 9.40.